The minimum absolute atomic E-state index is 1.30. The highest BCUT2D eigenvalue weighted by Crippen LogP contribution is 2.27. The van der Waals surface area contributed by atoms with Gasteiger partial charge in [0.25, 0.3) is 0 Å². The van der Waals surface area contributed by atoms with Crippen LogP contribution in [0.15, 0.2) is 48.5 Å². The van der Waals surface area contributed by atoms with Gasteiger partial charge in [0, 0.05) is 3.57 Å². The molecule has 0 aliphatic carbocycles. The van der Waals surface area contributed by atoms with Crippen molar-refractivity contribution in [3.63, 3.8) is 0 Å². The molecule has 0 heterocycles. The maximum absolute atomic E-state index is 2.39. The summed E-state index contributed by atoms with van der Waals surface area (Å²) >= 11 is 2.39. The second kappa shape index (κ2) is 4.13. The van der Waals surface area contributed by atoms with Gasteiger partial charge in [-0.3, -0.25) is 0 Å². The van der Waals surface area contributed by atoms with Gasteiger partial charge in [-0.25, -0.2) is 0 Å². The molecule has 0 aromatic heterocycles. The summed E-state index contributed by atoms with van der Waals surface area (Å²) < 4.78 is 1.31. The summed E-state index contributed by atoms with van der Waals surface area (Å²) in [7, 11) is 0. The summed E-state index contributed by atoms with van der Waals surface area (Å²) in [6.45, 7) is 2.16. The average molecular weight is 294 g/mol. The van der Waals surface area contributed by atoms with Crippen molar-refractivity contribution in [2.24, 2.45) is 0 Å². The number of benzene rings is 2. The Morgan fingerprint density at radius 3 is 2.21 bits per heavy atom. The smallest absolute Gasteiger partial charge is 0.0211 e. The van der Waals surface area contributed by atoms with E-state index in [9.17, 15) is 0 Å². The standard InChI is InChI=1S/C13H11I/c1-10-6-5-9-12(14)13(10)11-7-3-2-4-8-11/h2-9H,1H3. The molecule has 0 N–H and O–H groups in total. The van der Waals surface area contributed by atoms with Crippen molar-refractivity contribution in [1.82, 2.24) is 0 Å². The molecule has 0 nitrogen and oxygen atoms in total. The molecule has 2 aromatic rings. The maximum Gasteiger partial charge on any atom is 0.0211 e. The molecule has 0 unspecified atom stereocenters. The SMILES string of the molecule is Cc1cccc(I)c1-c1ccccc1. The van der Waals surface area contributed by atoms with Gasteiger partial charge in [-0.15, -0.1) is 0 Å². The minimum Gasteiger partial charge on any atom is -0.0622 e. The van der Waals surface area contributed by atoms with Gasteiger partial charge in [0.15, 0.2) is 0 Å². The van der Waals surface area contributed by atoms with E-state index >= 15 is 0 Å². The van der Waals surface area contributed by atoms with Crippen molar-refractivity contribution in [2.75, 3.05) is 0 Å². The van der Waals surface area contributed by atoms with Crippen molar-refractivity contribution < 1.29 is 0 Å². The fraction of sp³-hybridized carbons (Fsp3) is 0.0769. The third-order valence-corrected chi connectivity index (χ3v) is 3.18. The molecule has 14 heavy (non-hydrogen) atoms. The maximum atomic E-state index is 2.39. The summed E-state index contributed by atoms with van der Waals surface area (Å²) in [5.74, 6) is 0. The monoisotopic (exact) mass is 294 g/mol. The molecule has 0 bridgehead atoms. The predicted molar refractivity (Wildman–Crippen MR) is 69.3 cm³/mol. The Balaban J connectivity index is 2.63. The zero-order valence-electron chi connectivity index (χ0n) is 8.00. The van der Waals surface area contributed by atoms with Gasteiger partial charge in [0.1, 0.15) is 0 Å². The van der Waals surface area contributed by atoms with E-state index in [1.807, 2.05) is 0 Å². The third-order valence-electron chi connectivity index (χ3n) is 2.28. The van der Waals surface area contributed by atoms with Crippen LogP contribution in [-0.2, 0) is 0 Å². The number of halogens is 1. The molecule has 0 amide bonds. The van der Waals surface area contributed by atoms with Gasteiger partial charge in [-0.05, 0) is 52.3 Å². The first-order valence-corrected chi connectivity index (χ1v) is 5.67. The van der Waals surface area contributed by atoms with Crippen LogP contribution in [0.5, 0.6) is 0 Å². The lowest BCUT2D eigenvalue weighted by atomic mass is 10.0. The topological polar surface area (TPSA) is 0 Å². The van der Waals surface area contributed by atoms with E-state index in [1.165, 1.54) is 20.3 Å². The Morgan fingerprint density at radius 1 is 0.857 bits per heavy atom. The Bertz CT molecular complexity index is 412. The van der Waals surface area contributed by atoms with E-state index in [4.69, 9.17) is 0 Å². The number of hydrogen-bond donors (Lipinski definition) is 0. The van der Waals surface area contributed by atoms with E-state index in [0.29, 0.717) is 0 Å². The zero-order chi connectivity index (χ0) is 9.97. The molecule has 0 radical (unpaired) electrons. The van der Waals surface area contributed by atoms with Crippen LogP contribution < -0.4 is 0 Å². The Morgan fingerprint density at radius 2 is 1.57 bits per heavy atom. The molecule has 0 atom stereocenters. The first-order valence-electron chi connectivity index (χ1n) is 4.59. The van der Waals surface area contributed by atoms with Crippen LogP contribution >= 0.6 is 22.6 Å². The molecule has 0 saturated heterocycles. The lowest BCUT2D eigenvalue weighted by Gasteiger charge is -2.07. The van der Waals surface area contributed by atoms with Crippen molar-refractivity contribution >= 4 is 22.6 Å². The highest BCUT2D eigenvalue weighted by atomic mass is 127. The fourth-order valence-corrected chi connectivity index (χ4v) is 2.55. The Kier molecular flexibility index (Phi) is 2.87. The van der Waals surface area contributed by atoms with Crippen molar-refractivity contribution in [1.29, 1.82) is 0 Å². The van der Waals surface area contributed by atoms with Crippen LogP contribution in [-0.4, -0.2) is 0 Å². The van der Waals surface area contributed by atoms with Gasteiger partial charge in [-0.2, -0.15) is 0 Å². The average Bonchev–Trinajstić information content (AvgIpc) is 2.19. The van der Waals surface area contributed by atoms with Gasteiger partial charge in [0.2, 0.25) is 0 Å². The molecular weight excluding hydrogens is 283 g/mol. The van der Waals surface area contributed by atoms with E-state index < -0.39 is 0 Å². The largest absolute Gasteiger partial charge is 0.0622 e. The van der Waals surface area contributed by atoms with Crippen molar-refractivity contribution in [3.05, 3.63) is 57.7 Å². The normalized spacial score (nSPS) is 10.1. The van der Waals surface area contributed by atoms with Crippen molar-refractivity contribution in [3.8, 4) is 11.1 Å². The van der Waals surface area contributed by atoms with Gasteiger partial charge in [0.05, 0.1) is 0 Å². The van der Waals surface area contributed by atoms with E-state index in [1.54, 1.807) is 0 Å². The molecule has 2 rings (SSSR count). The quantitative estimate of drug-likeness (QED) is 0.689. The molecule has 0 fully saturated rings. The molecular formula is C13H11I. The van der Waals surface area contributed by atoms with Crippen LogP contribution in [0.3, 0.4) is 0 Å². The van der Waals surface area contributed by atoms with Crippen LogP contribution in [0, 0.1) is 10.5 Å². The minimum atomic E-state index is 1.30. The Labute approximate surface area is 98.1 Å². The second-order valence-corrected chi connectivity index (χ2v) is 4.46. The Hall–Kier alpha value is -0.830. The summed E-state index contributed by atoms with van der Waals surface area (Å²) in [6.07, 6.45) is 0. The molecule has 70 valence electrons. The fourth-order valence-electron chi connectivity index (χ4n) is 1.60. The van der Waals surface area contributed by atoms with E-state index in [2.05, 4.69) is 78.0 Å². The second-order valence-electron chi connectivity index (χ2n) is 3.30. The molecule has 0 saturated carbocycles. The summed E-state index contributed by atoms with van der Waals surface area (Å²) in [5.41, 5.74) is 3.99. The van der Waals surface area contributed by atoms with Gasteiger partial charge >= 0.3 is 0 Å². The summed E-state index contributed by atoms with van der Waals surface area (Å²) in [4.78, 5) is 0. The summed E-state index contributed by atoms with van der Waals surface area (Å²) in [6, 6.07) is 16.9. The van der Waals surface area contributed by atoms with Crippen molar-refractivity contribution in [2.45, 2.75) is 6.92 Å². The lowest BCUT2D eigenvalue weighted by molar-refractivity contribution is 1.44. The molecule has 2 aromatic carbocycles. The van der Waals surface area contributed by atoms with E-state index in [0.717, 1.165) is 0 Å². The highest BCUT2D eigenvalue weighted by molar-refractivity contribution is 14.1. The lowest BCUT2D eigenvalue weighted by Crippen LogP contribution is -1.86. The van der Waals surface area contributed by atoms with Crippen LogP contribution in [0.25, 0.3) is 11.1 Å². The molecule has 0 aliphatic rings. The first-order chi connectivity index (χ1) is 6.79. The van der Waals surface area contributed by atoms with Crippen LogP contribution in [0.4, 0.5) is 0 Å². The van der Waals surface area contributed by atoms with Gasteiger partial charge < -0.3 is 0 Å². The van der Waals surface area contributed by atoms with E-state index in [-0.39, 0.29) is 0 Å². The number of hydrogen-bond acceptors (Lipinski definition) is 0. The van der Waals surface area contributed by atoms with Crippen LogP contribution in [0.1, 0.15) is 5.56 Å². The third kappa shape index (κ3) is 1.82. The molecule has 0 spiro atoms. The molecule has 0 aliphatic heterocycles. The van der Waals surface area contributed by atoms with Crippen LogP contribution in [0.2, 0.25) is 0 Å². The van der Waals surface area contributed by atoms with Gasteiger partial charge in [-0.1, -0.05) is 42.5 Å². The summed E-state index contributed by atoms with van der Waals surface area (Å²) in [5, 5.41) is 0. The first kappa shape index (κ1) is 9.71. The molecule has 1 heteroatoms. The number of rotatable bonds is 1. The predicted octanol–water partition coefficient (Wildman–Crippen LogP) is 4.27. The zero-order valence-corrected chi connectivity index (χ0v) is 10.2. The highest BCUT2D eigenvalue weighted by Gasteiger charge is 2.04. The number of aryl methyl sites for hydroxylation is 1.